The van der Waals surface area contributed by atoms with Crippen LogP contribution in [0.3, 0.4) is 0 Å². The van der Waals surface area contributed by atoms with Crippen molar-refractivity contribution >= 4 is 0 Å². The van der Waals surface area contributed by atoms with Gasteiger partial charge in [-0.05, 0) is 12.5 Å². The number of likely N-dealkylation sites (tertiary alicyclic amines) is 1. The Bertz CT molecular complexity index is 798. The molecule has 1 aliphatic heterocycles. The first-order chi connectivity index (χ1) is 11.8. The molecule has 0 N–H and O–H groups in total. The van der Waals surface area contributed by atoms with Gasteiger partial charge < -0.3 is 4.74 Å². The van der Waals surface area contributed by atoms with Crippen LogP contribution < -0.4 is 4.74 Å². The van der Waals surface area contributed by atoms with Gasteiger partial charge in [-0.25, -0.2) is 9.67 Å². The van der Waals surface area contributed by atoms with Gasteiger partial charge in [0.15, 0.2) is 5.82 Å². The van der Waals surface area contributed by atoms with Crippen molar-refractivity contribution in [2.24, 2.45) is 7.05 Å². The molecule has 1 atom stereocenters. The molecule has 1 saturated heterocycles. The van der Waals surface area contributed by atoms with E-state index in [4.69, 9.17) is 4.74 Å². The predicted octanol–water partition coefficient (Wildman–Crippen LogP) is 1.05. The third-order valence-corrected chi connectivity index (χ3v) is 4.02. The molecule has 8 heteroatoms. The fourth-order valence-corrected chi connectivity index (χ4v) is 2.86. The molecule has 0 aliphatic carbocycles. The highest BCUT2D eigenvalue weighted by Gasteiger charge is 2.25. The van der Waals surface area contributed by atoms with Crippen LogP contribution in [0, 0.1) is 0 Å². The molecule has 3 aromatic rings. The van der Waals surface area contributed by atoms with E-state index in [9.17, 15) is 0 Å². The summed E-state index contributed by atoms with van der Waals surface area (Å²) in [6.07, 6.45) is 6.72. The minimum atomic E-state index is 0.172. The first kappa shape index (κ1) is 14.8. The van der Waals surface area contributed by atoms with Gasteiger partial charge in [-0.3, -0.25) is 9.58 Å². The second kappa shape index (κ2) is 6.40. The summed E-state index contributed by atoms with van der Waals surface area (Å²) in [6, 6.07) is 7.62. The normalized spacial score (nSPS) is 18.1. The van der Waals surface area contributed by atoms with E-state index in [2.05, 4.69) is 25.3 Å². The number of hydrogen-bond donors (Lipinski definition) is 0. The molecular weight excluding hydrogens is 306 g/mol. The van der Waals surface area contributed by atoms with Gasteiger partial charge in [0.2, 0.25) is 5.88 Å². The highest BCUT2D eigenvalue weighted by atomic mass is 16.5. The Morgan fingerprint density at radius 2 is 2.25 bits per heavy atom. The summed E-state index contributed by atoms with van der Waals surface area (Å²) in [7, 11) is 1.88. The summed E-state index contributed by atoms with van der Waals surface area (Å²) in [6.45, 7) is 2.61. The zero-order valence-electron chi connectivity index (χ0n) is 13.5. The third-order valence-electron chi connectivity index (χ3n) is 4.02. The number of ether oxygens (including phenoxy) is 1. The van der Waals surface area contributed by atoms with Crippen molar-refractivity contribution in [2.75, 3.05) is 13.1 Å². The van der Waals surface area contributed by atoms with Gasteiger partial charge in [0.25, 0.3) is 0 Å². The summed E-state index contributed by atoms with van der Waals surface area (Å²) in [5, 5.41) is 12.7. The second-order valence-electron chi connectivity index (χ2n) is 5.93. The zero-order valence-corrected chi connectivity index (χ0v) is 13.5. The lowest BCUT2D eigenvalue weighted by molar-refractivity contribution is 0.191. The maximum absolute atomic E-state index is 5.91. The van der Waals surface area contributed by atoms with E-state index in [0.717, 1.165) is 37.6 Å². The lowest BCUT2D eigenvalue weighted by atomic mass is 10.3. The molecule has 0 saturated carbocycles. The van der Waals surface area contributed by atoms with Crippen molar-refractivity contribution in [1.82, 2.24) is 34.7 Å². The number of rotatable bonds is 5. The molecule has 1 aliphatic rings. The number of pyridine rings is 1. The Morgan fingerprint density at radius 1 is 1.29 bits per heavy atom. The second-order valence-corrected chi connectivity index (χ2v) is 5.93. The quantitative estimate of drug-likeness (QED) is 0.698. The molecule has 8 nitrogen and oxygen atoms in total. The van der Waals surface area contributed by atoms with Gasteiger partial charge in [-0.1, -0.05) is 11.3 Å². The minimum Gasteiger partial charge on any atom is -0.473 e. The van der Waals surface area contributed by atoms with Gasteiger partial charge >= 0.3 is 0 Å². The topological polar surface area (TPSA) is 73.9 Å². The smallest absolute Gasteiger partial charge is 0.213 e. The van der Waals surface area contributed by atoms with Crippen molar-refractivity contribution in [3.63, 3.8) is 0 Å². The monoisotopic (exact) mass is 325 g/mol. The number of nitrogens with zero attached hydrogens (tertiary/aromatic N) is 7. The summed E-state index contributed by atoms with van der Waals surface area (Å²) in [4.78, 5) is 6.53. The molecule has 0 bridgehead atoms. The average Bonchev–Trinajstić information content (AvgIpc) is 3.31. The van der Waals surface area contributed by atoms with E-state index in [1.54, 1.807) is 15.6 Å². The lowest BCUT2D eigenvalue weighted by Crippen LogP contribution is -2.24. The van der Waals surface area contributed by atoms with E-state index < -0.39 is 0 Å². The molecule has 3 aromatic heterocycles. The summed E-state index contributed by atoms with van der Waals surface area (Å²) in [5.41, 5.74) is 0.930. The number of aryl methyl sites for hydroxylation is 1. The summed E-state index contributed by atoms with van der Waals surface area (Å²) < 4.78 is 9.36. The van der Waals surface area contributed by atoms with E-state index in [0.29, 0.717) is 5.88 Å². The first-order valence-corrected chi connectivity index (χ1v) is 7.97. The Morgan fingerprint density at radius 3 is 3.04 bits per heavy atom. The lowest BCUT2D eigenvalue weighted by Gasteiger charge is -2.15. The predicted molar refractivity (Wildman–Crippen MR) is 86.7 cm³/mol. The summed E-state index contributed by atoms with van der Waals surface area (Å²) in [5.74, 6) is 1.46. The molecule has 1 fully saturated rings. The van der Waals surface area contributed by atoms with Crippen molar-refractivity contribution in [3.05, 3.63) is 48.5 Å². The van der Waals surface area contributed by atoms with Gasteiger partial charge in [0.05, 0.1) is 11.9 Å². The Hall–Kier alpha value is -2.74. The van der Waals surface area contributed by atoms with Gasteiger partial charge in [-0.2, -0.15) is 5.10 Å². The van der Waals surface area contributed by atoms with Crippen LogP contribution in [0.1, 0.15) is 12.1 Å². The van der Waals surface area contributed by atoms with Crippen LogP contribution in [0.5, 0.6) is 5.88 Å². The SMILES string of the molecule is Cn1ccc(-n2cc(CN3CCC(Oc4ccccn4)C3)nn2)n1. The van der Waals surface area contributed by atoms with Crippen molar-refractivity contribution < 1.29 is 4.74 Å². The zero-order chi connectivity index (χ0) is 16.4. The summed E-state index contributed by atoms with van der Waals surface area (Å²) >= 11 is 0. The highest BCUT2D eigenvalue weighted by molar-refractivity contribution is 5.18. The van der Waals surface area contributed by atoms with E-state index >= 15 is 0 Å². The molecule has 0 aromatic carbocycles. The van der Waals surface area contributed by atoms with Crippen LogP contribution in [0.2, 0.25) is 0 Å². The average molecular weight is 325 g/mol. The van der Waals surface area contributed by atoms with Crippen molar-refractivity contribution in [2.45, 2.75) is 19.1 Å². The molecular formula is C16H19N7O. The van der Waals surface area contributed by atoms with E-state index in [-0.39, 0.29) is 6.10 Å². The van der Waals surface area contributed by atoms with Crippen molar-refractivity contribution in [1.29, 1.82) is 0 Å². The molecule has 24 heavy (non-hydrogen) atoms. The van der Waals surface area contributed by atoms with Gasteiger partial charge in [-0.15, -0.1) is 5.10 Å². The molecule has 0 amide bonds. The molecule has 0 spiro atoms. The molecule has 0 radical (unpaired) electrons. The van der Waals surface area contributed by atoms with E-state index in [1.807, 2.05) is 43.7 Å². The third kappa shape index (κ3) is 3.28. The number of aromatic nitrogens is 6. The van der Waals surface area contributed by atoms with Crippen LogP contribution in [0.4, 0.5) is 0 Å². The highest BCUT2D eigenvalue weighted by Crippen LogP contribution is 2.17. The largest absolute Gasteiger partial charge is 0.473 e. The minimum absolute atomic E-state index is 0.172. The van der Waals surface area contributed by atoms with E-state index in [1.165, 1.54) is 0 Å². The van der Waals surface area contributed by atoms with Crippen molar-refractivity contribution in [3.8, 4) is 11.7 Å². The maximum Gasteiger partial charge on any atom is 0.213 e. The Balaban J connectivity index is 1.34. The first-order valence-electron chi connectivity index (χ1n) is 7.97. The van der Waals surface area contributed by atoms with Crippen LogP contribution in [-0.2, 0) is 13.6 Å². The molecule has 124 valence electrons. The molecule has 4 rings (SSSR count). The van der Waals surface area contributed by atoms with Crippen LogP contribution in [-0.4, -0.2) is 53.9 Å². The molecule has 1 unspecified atom stereocenters. The van der Waals surface area contributed by atoms with Crippen LogP contribution >= 0.6 is 0 Å². The maximum atomic E-state index is 5.91. The fraction of sp³-hybridized carbons (Fsp3) is 0.375. The number of hydrogen-bond acceptors (Lipinski definition) is 6. The van der Waals surface area contributed by atoms with Gasteiger partial charge in [0, 0.05) is 51.2 Å². The molecule has 4 heterocycles. The van der Waals surface area contributed by atoms with Crippen LogP contribution in [0.25, 0.3) is 5.82 Å². The standard InChI is InChI=1S/C16H19N7O/c1-21-8-6-15(19-21)23-11-13(18-20-23)10-22-9-5-14(12-22)24-16-4-2-3-7-17-16/h2-4,6-8,11,14H,5,9-10,12H2,1H3. The Kier molecular flexibility index (Phi) is 3.96. The van der Waals surface area contributed by atoms with Gasteiger partial charge in [0.1, 0.15) is 6.10 Å². The fourth-order valence-electron chi connectivity index (χ4n) is 2.86. The Labute approximate surface area is 139 Å². The van der Waals surface area contributed by atoms with Crippen LogP contribution in [0.15, 0.2) is 42.9 Å².